The van der Waals surface area contributed by atoms with Gasteiger partial charge < -0.3 is 57.0 Å². The van der Waals surface area contributed by atoms with Crippen molar-refractivity contribution in [1.29, 1.82) is 0 Å². The maximum absolute atomic E-state index is 13.9. The molecule has 386 valence electrons. The highest BCUT2D eigenvalue weighted by atomic mass is 32.1. The highest BCUT2D eigenvalue weighted by Crippen LogP contribution is 2.44. The van der Waals surface area contributed by atoms with Crippen LogP contribution in [0.2, 0.25) is 0 Å². The van der Waals surface area contributed by atoms with Crippen molar-refractivity contribution in [3.8, 4) is 0 Å². The lowest BCUT2D eigenvalue weighted by Crippen LogP contribution is -2.56. The largest absolute Gasteiger partial charge is 0.453 e. The summed E-state index contributed by atoms with van der Waals surface area (Å²) in [6.07, 6.45) is -21.6. The first kappa shape index (κ1) is 63.1. The molecule has 0 saturated heterocycles. The van der Waals surface area contributed by atoms with Crippen LogP contribution in [0.5, 0.6) is 0 Å². The SMILES string of the molecule is CCCC(=S)CCCOCCOCCOCCOCCOCCOCCOCCOCCOCCOCCOCCCC(=O)C(F)(F)OC(F)(F)C(F)(F)OC(F)(F)C(=O)N(CC)CC. The zero-order valence-electron chi connectivity index (χ0n) is 37.7. The van der Waals surface area contributed by atoms with Gasteiger partial charge in [0.1, 0.15) is 0 Å². The Labute approximate surface area is 381 Å². The van der Waals surface area contributed by atoms with Gasteiger partial charge in [0, 0.05) is 32.7 Å². The van der Waals surface area contributed by atoms with Gasteiger partial charge in [-0.25, -0.2) is 9.47 Å². The number of amides is 1. The third kappa shape index (κ3) is 33.3. The minimum absolute atomic E-state index is 0.0429. The normalized spacial score (nSPS) is 12.6. The topological polar surface area (TPSA) is 157 Å². The summed E-state index contributed by atoms with van der Waals surface area (Å²) < 4.78 is 175. The van der Waals surface area contributed by atoms with Crippen molar-refractivity contribution >= 4 is 28.8 Å². The van der Waals surface area contributed by atoms with Gasteiger partial charge in [0.25, 0.3) is 0 Å². The summed E-state index contributed by atoms with van der Waals surface area (Å²) >= 11 is 5.28. The van der Waals surface area contributed by atoms with Gasteiger partial charge in [-0.05, 0) is 44.4 Å². The first-order chi connectivity index (χ1) is 31.0. The third-order valence-corrected chi connectivity index (χ3v) is 8.57. The Bertz CT molecular complexity index is 1200. The second-order valence-electron chi connectivity index (χ2n) is 13.4. The van der Waals surface area contributed by atoms with E-state index in [1.165, 1.54) is 13.8 Å². The minimum atomic E-state index is -6.44. The maximum Gasteiger partial charge on any atom is 0.453 e. The molecule has 0 atom stereocenters. The molecule has 0 aliphatic carbocycles. The number of ketones is 1. The van der Waals surface area contributed by atoms with Gasteiger partial charge in [-0.1, -0.05) is 25.6 Å². The summed E-state index contributed by atoms with van der Waals surface area (Å²) in [6, 6.07) is 0. The average molecular weight is 988 g/mol. The van der Waals surface area contributed by atoms with E-state index in [4.69, 9.17) is 64.3 Å². The number of rotatable bonds is 49. The fraction of sp³-hybridized carbons (Fsp3) is 0.925. The lowest BCUT2D eigenvalue weighted by atomic mass is 10.2. The highest BCUT2D eigenvalue weighted by Gasteiger charge is 2.69. The Morgan fingerprint density at radius 3 is 0.938 bits per heavy atom. The molecule has 0 N–H and O–H groups in total. The molecule has 0 heterocycles. The molecule has 0 bridgehead atoms. The van der Waals surface area contributed by atoms with E-state index in [1.807, 2.05) is 0 Å². The number of thiocarbonyl (C=S) groups is 1. The van der Waals surface area contributed by atoms with Crippen molar-refractivity contribution < 1.29 is 106 Å². The van der Waals surface area contributed by atoms with Crippen LogP contribution in [0.4, 0.5) is 35.1 Å². The molecule has 0 rings (SSSR count). The maximum atomic E-state index is 13.9. The summed E-state index contributed by atoms with van der Waals surface area (Å²) in [5.41, 5.74) is 0. The number of hydrogen-bond donors (Lipinski definition) is 0. The van der Waals surface area contributed by atoms with Crippen molar-refractivity contribution in [2.24, 2.45) is 0 Å². The zero-order valence-corrected chi connectivity index (χ0v) is 38.5. The van der Waals surface area contributed by atoms with E-state index in [2.05, 4.69) is 16.4 Å². The lowest BCUT2D eigenvalue weighted by molar-refractivity contribution is -0.500. The van der Waals surface area contributed by atoms with Crippen molar-refractivity contribution in [2.75, 3.05) is 158 Å². The van der Waals surface area contributed by atoms with Crippen molar-refractivity contribution in [3.05, 3.63) is 0 Å². The molecule has 65 heavy (non-hydrogen) atoms. The number of ether oxygens (including phenoxy) is 13. The molecule has 16 nitrogen and oxygen atoms in total. The molecule has 0 saturated carbocycles. The summed E-state index contributed by atoms with van der Waals surface area (Å²) in [4.78, 5) is 24.7. The second kappa shape index (κ2) is 39.0. The first-order valence-corrected chi connectivity index (χ1v) is 22.0. The Morgan fingerprint density at radius 1 is 0.400 bits per heavy atom. The van der Waals surface area contributed by atoms with Gasteiger partial charge in [0.05, 0.1) is 132 Å². The quantitative estimate of drug-likeness (QED) is 0.0413. The monoisotopic (exact) mass is 987 g/mol. The van der Waals surface area contributed by atoms with Gasteiger partial charge in [0.15, 0.2) is 0 Å². The highest BCUT2D eigenvalue weighted by molar-refractivity contribution is 7.80. The van der Waals surface area contributed by atoms with E-state index < -0.39 is 62.1 Å². The molecule has 0 aromatic carbocycles. The van der Waals surface area contributed by atoms with Crippen molar-refractivity contribution in [2.45, 2.75) is 83.7 Å². The zero-order chi connectivity index (χ0) is 48.7. The minimum Gasteiger partial charge on any atom is -0.379 e. The summed E-state index contributed by atoms with van der Waals surface area (Å²) in [5, 5.41) is 0. The van der Waals surface area contributed by atoms with Crippen LogP contribution in [0.15, 0.2) is 0 Å². The van der Waals surface area contributed by atoms with E-state index in [-0.39, 0.29) is 44.5 Å². The van der Waals surface area contributed by atoms with Gasteiger partial charge >= 0.3 is 30.3 Å². The number of Topliss-reactive ketones (excluding diaryl/α,β-unsaturated/α-hetero) is 1. The van der Waals surface area contributed by atoms with Crippen LogP contribution in [-0.2, 0) is 71.2 Å². The van der Waals surface area contributed by atoms with E-state index in [0.29, 0.717) is 106 Å². The van der Waals surface area contributed by atoms with Gasteiger partial charge in [-0.15, -0.1) is 0 Å². The molecule has 0 aliphatic heterocycles. The number of nitrogens with zero attached hydrogens (tertiary/aromatic N) is 1. The van der Waals surface area contributed by atoms with Crippen LogP contribution in [-0.4, -0.2) is 204 Å². The first-order valence-electron chi connectivity index (χ1n) is 21.6. The average Bonchev–Trinajstić information content (AvgIpc) is 3.24. The van der Waals surface area contributed by atoms with E-state index in [1.54, 1.807) is 0 Å². The molecule has 0 fully saturated rings. The fourth-order valence-electron chi connectivity index (χ4n) is 4.79. The number of carbonyl (C=O) groups is 2. The number of carbonyl (C=O) groups excluding carboxylic acids is 2. The third-order valence-electron chi connectivity index (χ3n) is 8.16. The molecule has 0 spiro atoms. The van der Waals surface area contributed by atoms with Crippen molar-refractivity contribution in [1.82, 2.24) is 4.90 Å². The van der Waals surface area contributed by atoms with Gasteiger partial charge in [-0.3, -0.25) is 9.59 Å². The Balaban J connectivity index is 3.58. The molecule has 0 aromatic heterocycles. The fourth-order valence-corrected chi connectivity index (χ4v) is 5.14. The molecule has 0 unspecified atom stereocenters. The predicted molar refractivity (Wildman–Crippen MR) is 220 cm³/mol. The van der Waals surface area contributed by atoms with Crippen LogP contribution in [0.25, 0.3) is 0 Å². The number of hydrogen-bond acceptors (Lipinski definition) is 16. The molecule has 25 heteroatoms. The Kier molecular flexibility index (Phi) is 37.9. The van der Waals surface area contributed by atoms with E-state index in [0.717, 1.165) is 30.5 Å². The molecule has 0 aromatic rings. The molecule has 1 amide bonds. The second-order valence-corrected chi connectivity index (χ2v) is 14.0. The number of halogens is 8. The van der Waals surface area contributed by atoms with E-state index in [9.17, 15) is 44.7 Å². The predicted octanol–water partition coefficient (Wildman–Crippen LogP) is 5.74. The molecular weight excluding hydrogens is 918 g/mol. The number of likely N-dealkylation sites (N-methyl/N-ethyl adjacent to an activating group) is 1. The Morgan fingerprint density at radius 2 is 0.662 bits per heavy atom. The molecule has 0 radical (unpaired) electrons. The van der Waals surface area contributed by atoms with E-state index >= 15 is 0 Å². The van der Waals surface area contributed by atoms with Gasteiger partial charge in [-0.2, -0.15) is 35.1 Å². The standard InChI is InChI=1S/C40H69F8NO15S/c1-4-9-34(65)10-7-12-52-14-16-54-18-20-56-22-24-58-26-28-60-30-32-62-33-31-61-29-27-59-25-23-57-21-19-55-17-15-53-13-8-11-35(50)37(41,42)63-39(45,46)40(47,48)64-38(43,44)36(51)49(5-2)6-3/h4-33H2,1-3H3. The smallest absolute Gasteiger partial charge is 0.379 e. The number of alkyl halides is 8. The molecular formula is C40H69F8NO15S. The molecule has 0 aliphatic rings. The summed E-state index contributed by atoms with van der Waals surface area (Å²) in [5.74, 6) is -4.78. The van der Waals surface area contributed by atoms with Crippen LogP contribution >= 0.6 is 12.2 Å². The van der Waals surface area contributed by atoms with Crippen LogP contribution in [0.3, 0.4) is 0 Å². The van der Waals surface area contributed by atoms with Crippen LogP contribution in [0, 0.1) is 0 Å². The summed E-state index contributed by atoms with van der Waals surface area (Å²) in [7, 11) is 0. The summed E-state index contributed by atoms with van der Waals surface area (Å²) in [6.45, 7) is 11.2. The van der Waals surface area contributed by atoms with Crippen LogP contribution in [0.1, 0.15) is 59.3 Å². The lowest BCUT2D eigenvalue weighted by Gasteiger charge is -2.31. The van der Waals surface area contributed by atoms with Crippen molar-refractivity contribution in [3.63, 3.8) is 0 Å². The Hall–Kier alpha value is -1.85. The van der Waals surface area contributed by atoms with Crippen LogP contribution < -0.4 is 0 Å². The van der Waals surface area contributed by atoms with Gasteiger partial charge in [0.2, 0.25) is 5.78 Å².